The number of likely N-dealkylation sites (tertiary alicyclic amines) is 1. The molecule has 1 aromatic heterocycles. The van der Waals surface area contributed by atoms with Crippen LogP contribution >= 0.6 is 0 Å². The third-order valence-electron chi connectivity index (χ3n) is 5.34. The van der Waals surface area contributed by atoms with Crippen LogP contribution in [0.3, 0.4) is 0 Å². The van der Waals surface area contributed by atoms with Crippen molar-refractivity contribution in [2.45, 2.75) is 38.3 Å². The smallest absolute Gasteiger partial charge is 0.414 e. The Morgan fingerprint density at radius 1 is 1.21 bits per heavy atom. The minimum atomic E-state index is -0.378. The molecule has 2 aliphatic heterocycles. The van der Waals surface area contributed by atoms with E-state index in [9.17, 15) is 9.59 Å². The number of piperidine rings is 1. The van der Waals surface area contributed by atoms with Crippen molar-refractivity contribution >= 4 is 23.5 Å². The minimum Gasteiger partial charge on any atom is -0.447 e. The van der Waals surface area contributed by atoms with E-state index in [1.54, 1.807) is 11.1 Å². The average Bonchev–Trinajstić information content (AvgIpc) is 3.39. The number of carbonyl (C=O) groups excluding carboxylic acids is 2. The lowest BCUT2D eigenvalue weighted by Crippen LogP contribution is -2.46. The van der Waals surface area contributed by atoms with Gasteiger partial charge in [-0.3, -0.25) is 9.58 Å². The number of urea groups is 1. The first-order valence-corrected chi connectivity index (χ1v) is 9.81. The molecule has 0 bridgehead atoms. The zero-order valence-electron chi connectivity index (χ0n) is 15.8. The highest BCUT2D eigenvalue weighted by Crippen LogP contribution is 2.29. The molecule has 8 heteroatoms. The van der Waals surface area contributed by atoms with Crippen molar-refractivity contribution in [1.82, 2.24) is 14.7 Å². The van der Waals surface area contributed by atoms with Crippen molar-refractivity contribution < 1.29 is 14.3 Å². The Bertz CT molecular complexity index is 823. The van der Waals surface area contributed by atoms with Gasteiger partial charge in [-0.2, -0.15) is 5.10 Å². The number of amides is 3. The van der Waals surface area contributed by atoms with Gasteiger partial charge in [0.05, 0.1) is 17.9 Å². The maximum absolute atomic E-state index is 13.0. The molecule has 2 aromatic rings. The molecule has 2 saturated heterocycles. The molecule has 0 aliphatic carbocycles. The first-order valence-electron chi connectivity index (χ1n) is 9.81. The van der Waals surface area contributed by atoms with Gasteiger partial charge in [-0.15, -0.1) is 0 Å². The number of para-hydroxylation sites is 2. The van der Waals surface area contributed by atoms with Gasteiger partial charge in [-0.1, -0.05) is 12.1 Å². The lowest BCUT2D eigenvalue weighted by atomic mass is 10.00. The zero-order chi connectivity index (χ0) is 19.3. The summed E-state index contributed by atoms with van der Waals surface area (Å²) in [5.41, 5.74) is 1.30. The van der Waals surface area contributed by atoms with Crippen LogP contribution in [-0.2, 0) is 11.3 Å². The Hall–Kier alpha value is -3.03. The number of aryl methyl sites for hydroxylation is 1. The molecular formula is C20H25N5O3. The van der Waals surface area contributed by atoms with Crippen LogP contribution in [0.15, 0.2) is 42.7 Å². The number of hydrogen-bond acceptors (Lipinski definition) is 4. The Labute approximate surface area is 164 Å². The molecule has 8 nitrogen and oxygen atoms in total. The Kier molecular flexibility index (Phi) is 5.45. The third-order valence-corrected chi connectivity index (χ3v) is 5.34. The quantitative estimate of drug-likeness (QED) is 0.859. The lowest BCUT2D eigenvalue weighted by Gasteiger charge is -2.36. The summed E-state index contributed by atoms with van der Waals surface area (Å²) in [6.07, 6.45) is 7.33. The van der Waals surface area contributed by atoms with E-state index >= 15 is 0 Å². The normalized spacial score (nSPS) is 19.6. The molecule has 0 saturated carbocycles. The van der Waals surface area contributed by atoms with E-state index in [4.69, 9.17) is 4.74 Å². The summed E-state index contributed by atoms with van der Waals surface area (Å²) in [4.78, 5) is 28.5. The average molecular weight is 383 g/mol. The first kappa shape index (κ1) is 18.3. The van der Waals surface area contributed by atoms with Gasteiger partial charge in [0.2, 0.25) is 0 Å². The molecule has 4 rings (SSSR count). The first-order chi connectivity index (χ1) is 13.7. The molecule has 1 N–H and O–H groups in total. The standard InChI is InChI=1S/C20H25N5O3/c26-19(22-17-7-1-2-8-18(17)25-14-15-28-20(25)27)24-12-4-3-6-16(24)9-13-23-11-5-10-21-23/h1-2,5,7-8,10-11,16H,3-4,6,9,12-15H2,(H,22,26)/t16-/m0/s1. The van der Waals surface area contributed by atoms with E-state index in [1.807, 2.05) is 46.1 Å². The van der Waals surface area contributed by atoms with Gasteiger partial charge in [-0.05, 0) is 43.9 Å². The van der Waals surface area contributed by atoms with Crippen molar-refractivity contribution in [2.24, 2.45) is 0 Å². The number of rotatable bonds is 5. The number of hydrogen-bond donors (Lipinski definition) is 1. The van der Waals surface area contributed by atoms with E-state index in [0.29, 0.717) is 24.5 Å². The number of nitrogens with zero attached hydrogens (tertiary/aromatic N) is 4. The molecule has 148 valence electrons. The molecule has 2 fully saturated rings. The van der Waals surface area contributed by atoms with Gasteiger partial charge in [0.1, 0.15) is 6.61 Å². The van der Waals surface area contributed by atoms with E-state index in [1.165, 1.54) is 0 Å². The maximum atomic E-state index is 13.0. The van der Waals surface area contributed by atoms with E-state index < -0.39 is 0 Å². The van der Waals surface area contributed by atoms with E-state index in [2.05, 4.69) is 10.4 Å². The van der Waals surface area contributed by atoms with Crippen molar-refractivity contribution in [3.05, 3.63) is 42.7 Å². The summed E-state index contributed by atoms with van der Waals surface area (Å²) < 4.78 is 6.94. The van der Waals surface area contributed by atoms with Gasteiger partial charge in [0.15, 0.2) is 0 Å². The van der Waals surface area contributed by atoms with Crippen molar-refractivity contribution in [2.75, 3.05) is 29.9 Å². The van der Waals surface area contributed by atoms with Crippen LogP contribution in [0.5, 0.6) is 0 Å². The molecule has 3 heterocycles. The molecule has 0 spiro atoms. The van der Waals surface area contributed by atoms with Crippen LogP contribution in [-0.4, -0.2) is 52.5 Å². The minimum absolute atomic E-state index is 0.120. The molecule has 1 atom stereocenters. The second kappa shape index (κ2) is 8.33. The number of anilines is 2. The summed E-state index contributed by atoms with van der Waals surface area (Å²) in [7, 11) is 0. The summed E-state index contributed by atoms with van der Waals surface area (Å²) >= 11 is 0. The summed E-state index contributed by atoms with van der Waals surface area (Å²) in [6.45, 7) is 2.38. The van der Waals surface area contributed by atoms with Gasteiger partial charge < -0.3 is 15.0 Å². The van der Waals surface area contributed by atoms with Crippen LogP contribution in [0.1, 0.15) is 25.7 Å². The Morgan fingerprint density at radius 3 is 2.89 bits per heavy atom. The van der Waals surface area contributed by atoms with Crippen LogP contribution in [0, 0.1) is 0 Å². The van der Waals surface area contributed by atoms with Crippen molar-refractivity contribution in [1.29, 1.82) is 0 Å². The Balaban J connectivity index is 1.45. The van der Waals surface area contributed by atoms with E-state index in [-0.39, 0.29) is 18.2 Å². The summed E-state index contributed by atoms with van der Waals surface area (Å²) in [5.74, 6) is 0. The number of cyclic esters (lactones) is 1. The van der Waals surface area contributed by atoms with Gasteiger partial charge in [0.25, 0.3) is 0 Å². The van der Waals surface area contributed by atoms with Crippen molar-refractivity contribution in [3.8, 4) is 0 Å². The maximum Gasteiger partial charge on any atom is 0.414 e. The fourth-order valence-electron chi connectivity index (χ4n) is 3.90. The topological polar surface area (TPSA) is 79.7 Å². The number of carbonyl (C=O) groups is 2. The monoisotopic (exact) mass is 383 g/mol. The molecule has 2 aliphatic rings. The second-order valence-corrected chi connectivity index (χ2v) is 7.11. The summed E-state index contributed by atoms with van der Waals surface area (Å²) in [6, 6.07) is 9.32. The van der Waals surface area contributed by atoms with Crippen LogP contribution in [0.2, 0.25) is 0 Å². The van der Waals surface area contributed by atoms with Crippen LogP contribution < -0.4 is 10.2 Å². The lowest BCUT2D eigenvalue weighted by molar-refractivity contribution is 0.154. The second-order valence-electron chi connectivity index (χ2n) is 7.11. The highest BCUT2D eigenvalue weighted by atomic mass is 16.6. The van der Waals surface area contributed by atoms with Crippen LogP contribution in [0.4, 0.5) is 21.0 Å². The summed E-state index contributed by atoms with van der Waals surface area (Å²) in [5, 5.41) is 7.27. The molecule has 28 heavy (non-hydrogen) atoms. The zero-order valence-corrected chi connectivity index (χ0v) is 15.8. The SMILES string of the molecule is O=C1OCCN1c1ccccc1NC(=O)N1CCCC[C@H]1CCn1cccn1. The fourth-order valence-corrected chi connectivity index (χ4v) is 3.90. The number of nitrogens with one attached hydrogen (secondary N) is 1. The van der Waals surface area contributed by atoms with Gasteiger partial charge in [0, 0.05) is 31.5 Å². The predicted octanol–water partition coefficient (Wildman–Crippen LogP) is 3.32. The molecular weight excluding hydrogens is 358 g/mol. The molecule has 0 radical (unpaired) electrons. The van der Waals surface area contributed by atoms with E-state index in [0.717, 1.165) is 38.8 Å². The molecule has 3 amide bonds. The van der Waals surface area contributed by atoms with Crippen LogP contribution in [0.25, 0.3) is 0 Å². The predicted molar refractivity (Wildman–Crippen MR) is 105 cm³/mol. The molecule has 0 unspecified atom stereocenters. The fraction of sp³-hybridized carbons (Fsp3) is 0.450. The largest absolute Gasteiger partial charge is 0.447 e. The highest BCUT2D eigenvalue weighted by Gasteiger charge is 2.29. The number of benzene rings is 1. The highest BCUT2D eigenvalue weighted by molar-refractivity contribution is 5.99. The number of aromatic nitrogens is 2. The molecule has 1 aromatic carbocycles. The third kappa shape index (κ3) is 3.95. The number of ether oxygens (including phenoxy) is 1. The van der Waals surface area contributed by atoms with Gasteiger partial charge >= 0.3 is 12.1 Å². The van der Waals surface area contributed by atoms with Crippen molar-refractivity contribution in [3.63, 3.8) is 0 Å². The Morgan fingerprint density at radius 2 is 2.11 bits per heavy atom. The van der Waals surface area contributed by atoms with Gasteiger partial charge in [-0.25, -0.2) is 9.59 Å².